The van der Waals surface area contributed by atoms with Gasteiger partial charge in [-0.15, -0.1) is 0 Å². The fraction of sp³-hybridized carbons (Fsp3) is 0.529. The van der Waals surface area contributed by atoms with Gasteiger partial charge in [-0.3, -0.25) is 14.5 Å². The maximum absolute atomic E-state index is 12.9. The van der Waals surface area contributed by atoms with Crippen LogP contribution in [0.5, 0.6) is 0 Å². The highest BCUT2D eigenvalue weighted by Gasteiger charge is 2.40. The molecule has 0 saturated carbocycles. The van der Waals surface area contributed by atoms with Crippen molar-refractivity contribution in [1.82, 2.24) is 4.90 Å². The predicted octanol–water partition coefficient (Wildman–Crippen LogP) is 3.47. The van der Waals surface area contributed by atoms with Crippen LogP contribution in [-0.4, -0.2) is 42.0 Å². The highest BCUT2D eigenvalue weighted by molar-refractivity contribution is 6.31. The van der Waals surface area contributed by atoms with Crippen LogP contribution in [0.3, 0.4) is 0 Å². The molecule has 0 unspecified atom stereocenters. The molecule has 2 aliphatic heterocycles. The van der Waals surface area contributed by atoms with Gasteiger partial charge < -0.3 is 10.1 Å². The summed E-state index contributed by atoms with van der Waals surface area (Å²) in [5.74, 6) is -1.01. The molecule has 3 rings (SSSR count). The Kier molecular flexibility index (Phi) is 5.43. The minimum atomic E-state index is -4.62. The number of esters is 1. The Hall–Kier alpha value is -1.80. The molecule has 1 aromatic carbocycles. The van der Waals surface area contributed by atoms with E-state index in [1.165, 1.54) is 6.07 Å². The average molecular weight is 391 g/mol. The van der Waals surface area contributed by atoms with Crippen molar-refractivity contribution < 1.29 is 27.5 Å². The molecule has 2 fully saturated rings. The van der Waals surface area contributed by atoms with Gasteiger partial charge in [-0.2, -0.15) is 13.2 Å². The number of nitrogens with zero attached hydrogens (tertiary/aromatic N) is 1. The van der Waals surface area contributed by atoms with Crippen molar-refractivity contribution in [1.29, 1.82) is 0 Å². The number of carbonyl (C=O) groups excluding carboxylic acids is 2. The summed E-state index contributed by atoms with van der Waals surface area (Å²) < 4.78 is 43.9. The molecule has 5 nitrogen and oxygen atoms in total. The normalized spacial score (nSPS) is 23.9. The highest BCUT2D eigenvalue weighted by atomic mass is 35.5. The number of anilines is 1. The number of rotatable bonds is 3. The SMILES string of the molecule is O=C(C[C@H]1C(=O)OC[C@H]2CCCCN21)Nc1ccc(Cl)c(C(F)(F)F)c1. The van der Waals surface area contributed by atoms with E-state index in [1.54, 1.807) is 0 Å². The van der Waals surface area contributed by atoms with Gasteiger partial charge in [-0.1, -0.05) is 18.0 Å². The van der Waals surface area contributed by atoms with E-state index in [0.29, 0.717) is 13.2 Å². The fourth-order valence-electron chi connectivity index (χ4n) is 3.43. The smallest absolute Gasteiger partial charge is 0.417 e. The van der Waals surface area contributed by atoms with Crippen LogP contribution in [0.2, 0.25) is 5.02 Å². The molecule has 1 N–H and O–H groups in total. The Morgan fingerprint density at radius 1 is 1.35 bits per heavy atom. The molecular weight excluding hydrogens is 373 g/mol. The van der Waals surface area contributed by atoms with E-state index in [2.05, 4.69) is 5.32 Å². The molecule has 2 heterocycles. The van der Waals surface area contributed by atoms with Crippen molar-refractivity contribution in [3.8, 4) is 0 Å². The van der Waals surface area contributed by atoms with Crippen molar-refractivity contribution in [3.63, 3.8) is 0 Å². The first-order valence-electron chi connectivity index (χ1n) is 8.34. The molecule has 1 aromatic rings. The monoisotopic (exact) mass is 390 g/mol. The number of piperidine rings is 1. The number of alkyl halides is 3. The van der Waals surface area contributed by atoms with Gasteiger partial charge in [-0.25, -0.2) is 0 Å². The molecule has 9 heteroatoms. The number of ether oxygens (including phenoxy) is 1. The molecule has 1 amide bonds. The van der Waals surface area contributed by atoms with Gasteiger partial charge in [0.05, 0.1) is 17.0 Å². The van der Waals surface area contributed by atoms with Crippen LogP contribution in [0.15, 0.2) is 18.2 Å². The van der Waals surface area contributed by atoms with E-state index in [9.17, 15) is 22.8 Å². The van der Waals surface area contributed by atoms with E-state index < -0.39 is 34.7 Å². The number of cyclic esters (lactones) is 1. The molecule has 0 aliphatic carbocycles. The summed E-state index contributed by atoms with van der Waals surface area (Å²) in [4.78, 5) is 26.3. The number of fused-ring (bicyclic) bond motifs is 1. The average Bonchev–Trinajstić information content (AvgIpc) is 2.58. The lowest BCUT2D eigenvalue weighted by atomic mass is 9.97. The Labute approximate surface area is 153 Å². The number of nitrogens with one attached hydrogen (secondary N) is 1. The van der Waals surface area contributed by atoms with Crippen LogP contribution in [0.4, 0.5) is 18.9 Å². The lowest BCUT2D eigenvalue weighted by Gasteiger charge is -2.43. The van der Waals surface area contributed by atoms with Gasteiger partial charge in [0, 0.05) is 11.7 Å². The number of hydrogen-bond acceptors (Lipinski definition) is 4. The van der Waals surface area contributed by atoms with Crippen molar-refractivity contribution in [2.75, 3.05) is 18.5 Å². The second-order valence-electron chi connectivity index (χ2n) is 6.48. The molecule has 0 radical (unpaired) electrons. The Bertz CT molecular complexity index is 711. The van der Waals surface area contributed by atoms with Crippen LogP contribution >= 0.6 is 11.6 Å². The molecule has 2 atom stereocenters. The fourth-order valence-corrected chi connectivity index (χ4v) is 3.66. The zero-order valence-electron chi connectivity index (χ0n) is 13.8. The van der Waals surface area contributed by atoms with E-state index in [0.717, 1.165) is 31.4 Å². The van der Waals surface area contributed by atoms with E-state index >= 15 is 0 Å². The Morgan fingerprint density at radius 2 is 2.12 bits per heavy atom. The molecule has 2 saturated heterocycles. The van der Waals surface area contributed by atoms with Crippen molar-refractivity contribution in [2.45, 2.75) is 43.9 Å². The Morgan fingerprint density at radius 3 is 2.85 bits per heavy atom. The van der Waals surface area contributed by atoms with Crippen molar-refractivity contribution in [2.24, 2.45) is 0 Å². The zero-order valence-corrected chi connectivity index (χ0v) is 14.6. The molecule has 26 heavy (non-hydrogen) atoms. The quantitative estimate of drug-likeness (QED) is 0.803. The minimum absolute atomic E-state index is 0.0221. The van der Waals surface area contributed by atoms with Crippen LogP contribution in [0.1, 0.15) is 31.2 Å². The highest BCUT2D eigenvalue weighted by Crippen LogP contribution is 2.36. The number of morpholine rings is 1. The first-order valence-corrected chi connectivity index (χ1v) is 8.72. The second kappa shape index (κ2) is 7.44. The van der Waals surface area contributed by atoms with Crippen LogP contribution in [0, 0.1) is 0 Å². The molecule has 142 valence electrons. The third-order valence-corrected chi connectivity index (χ3v) is 5.03. The summed E-state index contributed by atoms with van der Waals surface area (Å²) in [6.07, 6.45) is -1.90. The van der Waals surface area contributed by atoms with E-state index in [1.807, 2.05) is 4.90 Å². The van der Waals surface area contributed by atoms with Crippen LogP contribution in [-0.2, 0) is 20.5 Å². The second-order valence-corrected chi connectivity index (χ2v) is 6.89. The summed E-state index contributed by atoms with van der Waals surface area (Å²) in [5.41, 5.74) is -1.05. The largest absolute Gasteiger partial charge is 0.463 e. The third kappa shape index (κ3) is 4.12. The van der Waals surface area contributed by atoms with Gasteiger partial charge in [0.25, 0.3) is 0 Å². The van der Waals surface area contributed by atoms with Gasteiger partial charge in [0.15, 0.2) is 0 Å². The summed E-state index contributed by atoms with van der Waals surface area (Å²) in [7, 11) is 0. The molecule has 0 bridgehead atoms. The lowest BCUT2D eigenvalue weighted by molar-refractivity contribution is -0.165. The third-order valence-electron chi connectivity index (χ3n) is 4.70. The standard InChI is InChI=1S/C17H18ClF3N2O3/c18-13-5-4-10(7-12(13)17(19,20)21)22-15(24)8-14-16(25)26-9-11-3-1-2-6-23(11)14/h4-5,7,11,14H,1-3,6,8-9H2,(H,22,24)/t11-,14+/m1/s1. The maximum atomic E-state index is 12.9. The van der Waals surface area contributed by atoms with Crippen LogP contribution in [0.25, 0.3) is 0 Å². The Balaban J connectivity index is 1.69. The van der Waals surface area contributed by atoms with Gasteiger partial charge in [-0.05, 0) is 37.6 Å². The van der Waals surface area contributed by atoms with E-state index in [4.69, 9.17) is 16.3 Å². The first kappa shape index (κ1) is 19.0. The summed E-state index contributed by atoms with van der Waals surface area (Å²) in [6.45, 7) is 1.03. The molecule has 0 spiro atoms. The number of amides is 1. The van der Waals surface area contributed by atoms with Crippen LogP contribution < -0.4 is 5.32 Å². The minimum Gasteiger partial charge on any atom is -0.463 e. The van der Waals surface area contributed by atoms with Crippen molar-refractivity contribution in [3.05, 3.63) is 28.8 Å². The molecular formula is C17H18ClF3N2O3. The number of benzene rings is 1. The number of hydrogen-bond donors (Lipinski definition) is 1. The number of carbonyl (C=O) groups is 2. The molecule has 2 aliphatic rings. The van der Waals surface area contributed by atoms with Gasteiger partial charge in [0.2, 0.25) is 5.91 Å². The van der Waals surface area contributed by atoms with Gasteiger partial charge in [0.1, 0.15) is 12.6 Å². The van der Waals surface area contributed by atoms with Crippen molar-refractivity contribution >= 4 is 29.2 Å². The number of halogens is 4. The predicted molar refractivity (Wildman–Crippen MR) is 88.8 cm³/mol. The lowest BCUT2D eigenvalue weighted by Crippen LogP contribution is -2.57. The summed E-state index contributed by atoms with van der Waals surface area (Å²) in [5, 5.41) is 1.97. The summed E-state index contributed by atoms with van der Waals surface area (Å²) in [6, 6.07) is 2.55. The van der Waals surface area contributed by atoms with E-state index in [-0.39, 0.29) is 18.2 Å². The first-order chi connectivity index (χ1) is 12.3. The zero-order chi connectivity index (χ0) is 18.9. The topological polar surface area (TPSA) is 58.6 Å². The molecule has 0 aromatic heterocycles. The summed E-state index contributed by atoms with van der Waals surface area (Å²) >= 11 is 5.57. The maximum Gasteiger partial charge on any atom is 0.417 e. The van der Waals surface area contributed by atoms with Gasteiger partial charge >= 0.3 is 12.1 Å².